The van der Waals surface area contributed by atoms with Gasteiger partial charge in [-0.25, -0.2) is 4.79 Å². The summed E-state index contributed by atoms with van der Waals surface area (Å²) < 4.78 is 44.8. The predicted molar refractivity (Wildman–Crippen MR) is 114 cm³/mol. The minimum atomic E-state index is -4.58. The average molecular weight is 472 g/mol. The van der Waals surface area contributed by atoms with Crippen molar-refractivity contribution in [1.82, 2.24) is 4.90 Å². The third kappa shape index (κ3) is 5.54. The first kappa shape index (κ1) is 23.5. The second-order valence-electron chi connectivity index (χ2n) is 7.07. The normalized spacial score (nSPS) is 18.8. The van der Waals surface area contributed by atoms with Crippen LogP contribution in [0.15, 0.2) is 48.5 Å². The molecule has 0 spiro atoms. The predicted octanol–water partition coefficient (Wildman–Crippen LogP) is 5.96. The van der Waals surface area contributed by atoms with Crippen LogP contribution in [-0.4, -0.2) is 35.2 Å². The molecule has 0 saturated carbocycles. The number of carbonyl (C=O) groups excluding carboxylic acids is 2. The topological polar surface area (TPSA) is 46.6 Å². The summed E-state index contributed by atoms with van der Waals surface area (Å²) in [6.07, 6.45) is -3.06. The largest absolute Gasteiger partial charge is 0.464 e. The molecule has 1 saturated heterocycles. The molecule has 2 atom stereocenters. The van der Waals surface area contributed by atoms with Crippen molar-refractivity contribution < 1.29 is 27.5 Å². The van der Waals surface area contributed by atoms with Crippen molar-refractivity contribution in [1.29, 1.82) is 0 Å². The molecule has 2 aromatic carbocycles. The number of alkyl halides is 3. The number of hydrogen-bond acceptors (Lipinski definition) is 4. The summed E-state index contributed by atoms with van der Waals surface area (Å²) in [7, 11) is 0. The number of esters is 1. The van der Waals surface area contributed by atoms with Gasteiger partial charge in [0.15, 0.2) is 0 Å². The molecule has 0 aromatic heterocycles. The van der Waals surface area contributed by atoms with Crippen LogP contribution in [0.4, 0.5) is 13.2 Å². The Morgan fingerprint density at radius 2 is 1.94 bits per heavy atom. The van der Waals surface area contributed by atoms with Gasteiger partial charge in [0.1, 0.15) is 11.4 Å². The van der Waals surface area contributed by atoms with Gasteiger partial charge in [0.2, 0.25) is 0 Å². The summed E-state index contributed by atoms with van der Waals surface area (Å²) in [6, 6.07) is 10.1. The van der Waals surface area contributed by atoms with E-state index in [1.54, 1.807) is 24.3 Å². The Morgan fingerprint density at radius 3 is 2.61 bits per heavy atom. The van der Waals surface area contributed by atoms with Crippen LogP contribution in [0.2, 0.25) is 5.02 Å². The molecule has 1 fully saturated rings. The Labute approximate surface area is 187 Å². The molecule has 2 unspecified atom stereocenters. The zero-order valence-electron chi connectivity index (χ0n) is 16.7. The standard InChI is InChI=1S/C22H21ClF3NO3S/c1-2-3-10-30-21(29)18-13-31-20(15-7-5-9-17(23)12-15)27(18)19(28)14-6-4-8-16(11-14)22(24,25)26/h4-9,11-12,18,20H,2-3,10,13H2,1H3. The van der Waals surface area contributed by atoms with Crippen molar-refractivity contribution in [2.75, 3.05) is 12.4 Å². The van der Waals surface area contributed by atoms with E-state index in [1.807, 2.05) is 6.92 Å². The molecule has 1 heterocycles. The van der Waals surface area contributed by atoms with Crippen LogP contribution >= 0.6 is 23.4 Å². The molecule has 3 rings (SSSR count). The van der Waals surface area contributed by atoms with Crippen LogP contribution in [0.1, 0.15) is 46.6 Å². The van der Waals surface area contributed by atoms with Crippen molar-refractivity contribution in [2.24, 2.45) is 0 Å². The molecule has 1 amide bonds. The molecule has 31 heavy (non-hydrogen) atoms. The first-order chi connectivity index (χ1) is 14.7. The monoisotopic (exact) mass is 471 g/mol. The highest BCUT2D eigenvalue weighted by Crippen LogP contribution is 2.43. The molecule has 0 radical (unpaired) electrons. The van der Waals surface area contributed by atoms with Gasteiger partial charge in [0.05, 0.1) is 12.2 Å². The number of benzene rings is 2. The number of nitrogens with zero attached hydrogens (tertiary/aromatic N) is 1. The quantitative estimate of drug-likeness (QED) is 0.385. The minimum Gasteiger partial charge on any atom is -0.464 e. The Morgan fingerprint density at radius 1 is 1.19 bits per heavy atom. The molecule has 2 aromatic rings. The van der Waals surface area contributed by atoms with E-state index in [0.717, 1.165) is 18.6 Å². The van der Waals surface area contributed by atoms with Gasteiger partial charge in [-0.15, -0.1) is 11.8 Å². The third-order valence-electron chi connectivity index (χ3n) is 4.82. The highest BCUT2D eigenvalue weighted by molar-refractivity contribution is 7.99. The summed E-state index contributed by atoms with van der Waals surface area (Å²) in [6.45, 7) is 2.18. The zero-order valence-corrected chi connectivity index (χ0v) is 18.3. The summed E-state index contributed by atoms with van der Waals surface area (Å²) in [5.41, 5.74) is -0.385. The number of amides is 1. The summed E-state index contributed by atoms with van der Waals surface area (Å²) in [5.74, 6) is -0.961. The smallest absolute Gasteiger partial charge is 0.416 e. The van der Waals surface area contributed by atoms with Crippen molar-refractivity contribution in [3.05, 3.63) is 70.2 Å². The molecule has 0 bridgehead atoms. The maximum Gasteiger partial charge on any atom is 0.416 e. The second kappa shape index (κ2) is 9.96. The van der Waals surface area contributed by atoms with Crippen molar-refractivity contribution >= 4 is 35.2 Å². The SMILES string of the molecule is CCCCOC(=O)C1CSC(c2cccc(Cl)c2)N1C(=O)c1cccc(C(F)(F)F)c1. The molecule has 9 heteroatoms. The number of thioether (sulfide) groups is 1. The van der Waals surface area contributed by atoms with Crippen LogP contribution in [0.25, 0.3) is 0 Å². The fourth-order valence-corrected chi connectivity index (χ4v) is 4.85. The first-order valence-corrected chi connectivity index (χ1v) is 11.2. The maximum atomic E-state index is 13.3. The van der Waals surface area contributed by atoms with Gasteiger partial charge >= 0.3 is 12.1 Å². The van der Waals surface area contributed by atoms with E-state index in [0.29, 0.717) is 17.0 Å². The second-order valence-corrected chi connectivity index (χ2v) is 8.62. The fraction of sp³-hybridized carbons (Fsp3) is 0.364. The first-order valence-electron chi connectivity index (χ1n) is 9.76. The number of ether oxygens (including phenoxy) is 1. The Balaban J connectivity index is 1.96. The number of halogens is 4. The van der Waals surface area contributed by atoms with Gasteiger partial charge in [0, 0.05) is 16.3 Å². The van der Waals surface area contributed by atoms with Gasteiger partial charge in [-0.2, -0.15) is 13.2 Å². The molecule has 0 aliphatic carbocycles. The summed E-state index contributed by atoms with van der Waals surface area (Å²) in [4.78, 5) is 27.4. The van der Waals surface area contributed by atoms with Crippen LogP contribution in [0.5, 0.6) is 0 Å². The molecule has 0 N–H and O–H groups in total. The Kier molecular flexibility index (Phi) is 7.54. The van der Waals surface area contributed by atoms with Crippen LogP contribution in [-0.2, 0) is 15.7 Å². The molecule has 4 nitrogen and oxygen atoms in total. The Hall–Kier alpha value is -2.19. The average Bonchev–Trinajstić information content (AvgIpc) is 3.18. The molecular weight excluding hydrogens is 451 g/mol. The van der Waals surface area contributed by atoms with Crippen molar-refractivity contribution in [3.8, 4) is 0 Å². The van der Waals surface area contributed by atoms with Crippen molar-refractivity contribution in [3.63, 3.8) is 0 Å². The molecule has 1 aliphatic heterocycles. The minimum absolute atomic E-state index is 0.143. The van der Waals surface area contributed by atoms with Gasteiger partial charge in [-0.05, 0) is 42.3 Å². The number of carbonyl (C=O) groups is 2. The fourth-order valence-electron chi connectivity index (χ4n) is 3.24. The zero-order chi connectivity index (χ0) is 22.6. The van der Waals surface area contributed by atoms with Crippen LogP contribution in [0, 0.1) is 0 Å². The van der Waals surface area contributed by atoms with Gasteiger partial charge in [-0.1, -0.05) is 43.1 Å². The molecule has 1 aliphatic rings. The lowest BCUT2D eigenvalue weighted by molar-refractivity contribution is -0.148. The van der Waals surface area contributed by atoms with Crippen molar-refractivity contribution in [2.45, 2.75) is 37.4 Å². The van der Waals surface area contributed by atoms with Gasteiger partial charge in [0.25, 0.3) is 5.91 Å². The lowest BCUT2D eigenvalue weighted by Crippen LogP contribution is -2.44. The van der Waals surface area contributed by atoms with Gasteiger partial charge in [-0.3, -0.25) is 4.79 Å². The Bertz CT molecular complexity index is 954. The molecule has 166 valence electrons. The lowest BCUT2D eigenvalue weighted by atomic mass is 10.1. The third-order valence-corrected chi connectivity index (χ3v) is 6.38. The summed E-state index contributed by atoms with van der Waals surface area (Å²) in [5, 5.41) is -0.122. The van der Waals surface area contributed by atoms with E-state index < -0.39 is 35.0 Å². The van der Waals surface area contributed by atoms with Crippen LogP contribution < -0.4 is 0 Å². The number of rotatable bonds is 6. The number of unbranched alkanes of at least 4 members (excludes halogenated alkanes) is 1. The summed E-state index contributed by atoms with van der Waals surface area (Å²) >= 11 is 7.44. The molecular formula is C22H21ClF3NO3S. The van der Waals surface area contributed by atoms with E-state index in [1.165, 1.54) is 28.8 Å². The maximum absolute atomic E-state index is 13.3. The lowest BCUT2D eigenvalue weighted by Gasteiger charge is -2.29. The highest BCUT2D eigenvalue weighted by atomic mass is 35.5. The van der Waals surface area contributed by atoms with Crippen LogP contribution in [0.3, 0.4) is 0 Å². The van der Waals surface area contributed by atoms with E-state index in [4.69, 9.17) is 16.3 Å². The van der Waals surface area contributed by atoms with E-state index >= 15 is 0 Å². The van der Waals surface area contributed by atoms with E-state index in [2.05, 4.69) is 0 Å². The van der Waals surface area contributed by atoms with Gasteiger partial charge < -0.3 is 9.64 Å². The van der Waals surface area contributed by atoms with E-state index in [9.17, 15) is 22.8 Å². The number of hydrogen-bond donors (Lipinski definition) is 0. The van der Waals surface area contributed by atoms with E-state index in [-0.39, 0.29) is 17.9 Å². The highest BCUT2D eigenvalue weighted by Gasteiger charge is 2.44.